The monoisotopic (exact) mass is 272 g/mol. The van der Waals surface area contributed by atoms with E-state index in [1.165, 1.54) is 0 Å². The molecule has 19 heavy (non-hydrogen) atoms. The van der Waals surface area contributed by atoms with Gasteiger partial charge in [0.15, 0.2) is 0 Å². The Kier molecular flexibility index (Phi) is 6.49. The van der Waals surface area contributed by atoms with Gasteiger partial charge in [-0.2, -0.15) is 0 Å². The molecule has 0 aliphatic heterocycles. The van der Waals surface area contributed by atoms with Gasteiger partial charge in [-0.05, 0) is 10.8 Å². The molecule has 0 aromatic carbocycles. The van der Waals surface area contributed by atoms with E-state index in [1.807, 2.05) is 41.5 Å². The standard InChI is InChI=1S/C14H28N2O3/c1-13(2,3)7-11(18)16-9-12(19)15-8-10(17)14(4,5)6/h10,17H,7-9H2,1-6H3,(H,15,19)(H,16,18). The number of hydrogen-bond donors (Lipinski definition) is 3. The molecule has 0 spiro atoms. The van der Waals surface area contributed by atoms with Gasteiger partial charge in [0.2, 0.25) is 11.8 Å². The molecule has 0 saturated heterocycles. The maximum Gasteiger partial charge on any atom is 0.239 e. The fourth-order valence-electron chi connectivity index (χ4n) is 1.30. The van der Waals surface area contributed by atoms with Gasteiger partial charge in [0.1, 0.15) is 0 Å². The summed E-state index contributed by atoms with van der Waals surface area (Å²) in [6.07, 6.45) is -0.230. The van der Waals surface area contributed by atoms with Gasteiger partial charge in [-0.3, -0.25) is 9.59 Å². The van der Waals surface area contributed by atoms with Gasteiger partial charge in [0.25, 0.3) is 0 Å². The number of aliphatic hydroxyl groups is 1. The normalized spacial score (nSPS) is 13.8. The fourth-order valence-corrected chi connectivity index (χ4v) is 1.30. The van der Waals surface area contributed by atoms with Gasteiger partial charge < -0.3 is 15.7 Å². The number of nitrogens with one attached hydrogen (secondary N) is 2. The van der Waals surface area contributed by atoms with Crippen LogP contribution in [-0.4, -0.2) is 36.1 Å². The van der Waals surface area contributed by atoms with E-state index in [1.54, 1.807) is 0 Å². The maximum absolute atomic E-state index is 11.5. The van der Waals surface area contributed by atoms with E-state index in [4.69, 9.17) is 0 Å². The smallest absolute Gasteiger partial charge is 0.239 e. The Labute approximate surface area is 116 Å². The predicted molar refractivity (Wildman–Crippen MR) is 75.6 cm³/mol. The van der Waals surface area contributed by atoms with E-state index in [9.17, 15) is 14.7 Å². The molecule has 3 N–H and O–H groups in total. The lowest BCUT2D eigenvalue weighted by molar-refractivity contribution is -0.127. The molecular weight excluding hydrogens is 244 g/mol. The summed E-state index contributed by atoms with van der Waals surface area (Å²) in [5.41, 5.74) is -0.369. The summed E-state index contributed by atoms with van der Waals surface area (Å²) in [6.45, 7) is 11.7. The van der Waals surface area contributed by atoms with Crippen molar-refractivity contribution in [3.8, 4) is 0 Å². The van der Waals surface area contributed by atoms with Gasteiger partial charge in [-0.1, -0.05) is 41.5 Å². The van der Waals surface area contributed by atoms with Crippen LogP contribution in [0.1, 0.15) is 48.0 Å². The quantitative estimate of drug-likeness (QED) is 0.700. The Bertz CT molecular complexity index is 314. The summed E-state index contributed by atoms with van der Waals surface area (Å²) < 4.78 is 0. The van der Waals surface area contributed by atoms with Crippen molar-refractivity contribution in [3.05, 3.63) is 0 Å². The molecular formula is C14H28N2O3. The number of aliphatic hydroxyl groups excluding tert-OH is 1. The third-order valence-corrected chi connectivity index (χ3v) is 2.63. The highest BCUT2D eigenvalue weighted by Crippen LogP contribution is 2.18. The average molecular weight is 272 g/mol. The molecule has 0 aliphatic rings. The van der Waals surface area contributed by atoms with E-state index in [2.05, 4.69) is 10.6 Å². The van der Waals surface area contributed by atoms with Crippen LogP contribution in [0.3, 0.4) is 0 Å². The lowest BCUT2D eigenvalue weighted by Gasteiger charge is -2.25. The van der Waals surface area contributed by atoms with Crippen molar-refractivity contribution in [2.45, 2.75) is 54.1 Å². The van der Waals surface area contributed by atoms with Crippen LogP contribution in [0.25, 0.3) is 0 Å². The van der Waals surface area contributed by atoms with Crippen molar-refractivity contribution in [2.24, 2.45) is 10.8 Å². The average Bonchev–Trinajstić information content (AvgIpc) is 2.19. The zero-order chi connectivity index (χ0) is 15.3. The van der Waals surface area contributed by atoms with Crippen molar-refractivity contribution in [1.82, 2.24) is 10.6 Å². The third-order valence-electron chi connectivity index (χ3n) is 2.63. The van der Waals surface area contributed by atoms with Crippen molar-refractivity contribution >= 4 is 11.8 Å². The van der Waals surface area contributed by atoms with E-state index < -0.39 is 6.10 Å². The maximum atomic E-state index is 11.5. The molecule has 0 rings (SSSR count). The summed E-state index contributed by atoms with van der Waals surface area (Å²) in [5.74, 6) is -0.426. The molecule has 0 fully saturated rings. The minimum atomic E-state index is -0.610. The summed E-state index contributed by atoms with van der Waals surface area (Å²) in [5, 5.41) is 14.9. The fraction of sp³-hybridized carbons (Fsp3) is 0.857. The highest BCUT2D eigenvalue weighted by atomic mass is 16.3. The van der Waals surface area contributed by atoms with Gasteiger partial charge in [0.05, 0.1) is 12.6 Å². The largest absolute Gasteiger partial charge is 0.391 e. The lowest BCUT2D eigenvalue weighted by atomic mass is 9.89. The Morgan fingerprint density at radius 1 is 1.00 bits per heavy atom. The molecule has 0 saturated carbocycles. The van der Waals surface area contributed by atoms with Crippen LogP contribution in [0.5, 0.6) is 0 Å². The van der Waals surface area contributed by atoms with E-state index in [0.29, 0.717) is 6.42 Å². The summed E-state index contributed by atoms with van der Waals surface area (Å²) >= 11 is 0. The SMILES string of the molecule is CC(C)(C)CC(=O)NCC(=O)NCC(O)C(C)(C)C. The number of hydrogen-bond acceptors (Lipinski definition) is 3. The van der Waals surface area contributed by atoms with Gasteiger partial charge in [-0.15, -0.1) is 0 Å². The molecule has 1 unspecified atom stereocenters. The summed E-state index contributed by atoms with van der Waals surface area (Å²) in [7, 11) is 0. The topological polar surface area (TPSA) is 78.4 Å². The molecule has 2 amide bonds. The molecule has 5 nitrogen and oxygen atoms in total. The van der Waals surface area contributed by atoms with Gasteiger partial charge in [-0.25, -0.2) is 0 Å². The molecule has 1 atom stereocenters. The second kappa shape index (κ2) is 6.89. The number of carbonyl (C=O) groups is 2. The van der Waals surface area contributed by atoms with Crippen LogP contribution in [-0.2, 0) is 9.59 Å². The molecule has 112 valence electrons. The van der Waals surface area contributed by atoms with Crippen molar-refractivity contribution in [2.75, 3.05) is 13.1 Å². The number of amides is 2. The lowest BCUT2D eigenvalue weighted by Crippen LogP contribution is -2.43. The third kappa shape index (κ3) is 9.47. The minimum absolute atomic E-state index is 0.0498. The van der Waals surface area contributed by atoms with Crippen LogP contribution in [0.15, 0.2) is 0 Å². The zero-order valence-corrected chi connectivity index (χ0v) is 13.0. The van der Waals surface area contributed by atoms with Crippen LogP contribution >= 0.6 is 0 Å². The molecule has 0 heterocycles. The molecule has 0 aromatic heterocycles. The van der Waals surface area contributed by atoms with E-state index >= 15 is 0 Å². The van der Waals surface area contributed by atoms with Crippen LogP contribution in [0.4, 0.5) is 0 Å². The Morgan fingerprint density at radius 3 is 1.95 bits per heavy atom. The van der Waals surface area contributed by atoms with Gasteiger partial charge in [0, 0.05) is 13.0 Å². The Balaban J connectivity index is 3.92. The Hall–Kier alpha value is -1.10. The highest BCUT2D eigenvalue weighted by Gasteiger charge is 2.22. The zero-order valence-electron chi connectivity index (χ0n) is 13.0. The van der Waals surface area contributed by atoms with Crippen LogP contribution in [0, 0.1) is 10.8 Å². The van der Waals surface area contributed by atoms with Gasteiger partial charge >= 0.3 is 0 Å². The highest BCUT2D eigenvalue weighted by molar-refractivity contribution is 5.84. The minimum Gasteiger partial charge on any atom is -0.391 e. The predicted octanol–water partition coefficient (Wildman–Crippen LogP) is 1.06. The first-order valence-corrected chi connectivity index (χ1v) is 6.63. The Morgan fingerprint density at radius 2 is 1.53 bits per heavy atom. The van der Waals surface area contributed by atoms with Crippen molar-refractivity contribution < 1.29 is 14.7 Å². The molecule has 0 aliphatic carbocycles. The first-order valence-electron chi connectivity index (χ1n) is 6.63. The van der Waals surface area contributed by atoms with Crippen LogP contribution < -0.4 is 10.6 Å². The molecule has 5 heteroatoms. The van der Waals surface area contributed by atoms with E-state index in [-0.39, 0.29) is 35.7 Å². The summed E-state index contributed by atoms with van der Waals surface area (Å²) in [4.78, 5) is 23.0. The first-order chi connectivity index (χ1) is 8.42. The molecule has 0 radical (unpaired) electrons. The second-order valence-electron chi connectivity index (χ2n) is 7.20. The summed E-state index contributed by atoms with van der Waals surface area (Å²) in [6, 6.07) is 0. The van der Waals surface area contributed by atoms with E-state index in [0.717, 1.165) is 0 Å². The molecule has 0 bridgehead atoms. The van der Waals surface area contributed by atoms with Crippen LogP contribution in [0.2, 0.25) is 0 Å². The number of carbonyl (C=O) groups excluding carboxylic acids is 2. The van der Waals surface area contributed by atoms with Crippen molar-refractivity contribution in [3.63, 3.8) is 0 Å². The number of rotatable bonds is 5. The molecule has 0 aromatic rings. The first kappa shape index (κ1) is 17.9. The second-order valence-corrected chi connectivity index (χ2v) is 7.20. The van der Waals surface area contributed by atoms with Crippen molar-refractivity contribution in [1.29, 1.82) is 0 Å².